The molecule has 1 aromatic heterocycles. The molecule has 3 aromatic rings. The van der Waals surface area contributed by atoms with Crippen molar-refractivity contribution in [2.24, 2.45) is 5.41 Å². The van der Waals surface area contributed by atoms with Crippen LogP contribution in [0.3, 0.4) is 0 Å². The van der Waals surface area contributed by atoms with Crippen LogP contribution < -0.4 is 0 Å². The second-order valence-corrected chi connectivity index (χ2v) is 11.3. The average Bonchev–Trinajstić information content (AvgIpc) is 3.55. The third-order valence-corrected chi connectivity index (χ3v) is 8.93. The van der Waals surface area contributed by atoms with Crippen molar-refractivity contribution in [3.8, 4) is 5.69 Å². The Hall–Kier alpha value is -3.46. The molecule has 204 valence electrons. The minimum Gasteiger partial charge on any atom is -0.389 e. The van der Waals surface area contributed by atoms with Crippen LogP contribution in [0.15, 0.2) is 54.2 Å². The van der Waals surface area contributed by atoms with E-state index in [9.17, 15) is 27.5 Å². The number of benzene rings is 2. The van der Waals surface area contributed by atoms with E-state index in [1.165, 1.54) is 24.3 Å². The van der Waals surface area contributed by atoms with E-state index in [-0.39, 0.29) is 30.8 Å². The number of alkyl halides is 2. The van der Waals surface area contributed by atoms with Gasteiger partial charge in [0.05, 0.1) is 35.3 Å². The molecule has 2 atom stereocenters. The first-order valence-corrected chi connectivity index (χ1v) is 13.2. The van der Waals surface area contributed by atoms with E-state index in [2.05, 4.69) is 11.2 Å². The van der Waals surface area contributed by atoms with Gasteiger partial charge < -0.3 is 10.0 Å². The number of nitrogens with zero attached hydrogens (tertiary/aromatic N) is 3. The largest absolute Gasteiger partial charge is 0.389 e. The number of rotatable bonds is 5. The quantitative estimate of drug-likeness (QED) is 0.421. The molecule has 0 unspecified atom stereocenters. The van der Waals surface area contributed by atoms with Gasteiger partial charge in [0.1, 0.15) is 11.6 Å². The van der Waals surface area contributed by atoms with Crippen LogP contribution in [0.4, 0.5) is 17.6 Å². The van der Waals surface area contributed by atoms with Crippen molar-refractivity contribution >= 4 is 12.0 Å². The highest BCUT2D eigenvalue weighted by Crippen LogP contribution is 2.57. The van der Waals surface area contributed by atoms with Crippen molar-refractivity contribution in [1.29, 1.82) is 0 Å². The molecule has 1 saturated carbocycles. The normalized spacial score (nSPS) is 25.4. The number of hydrogen-bond donors (Lipinski definition) is 1. The van der Waals surface area contributed by atoms with Gasteiger partial charge in [0, 0.05) is 18.4 Å². The van der Waals surface area contributed by atoms with Gasteiger partial charge in [0.2, 0.25) is 0 Å². The Kier molecular flexibility index (Phi) is 5.98. The summed E-state index contributed by atoms with van der Waals surface area (Å²) in [6.07, 6.45) is 5.60. The molecule has 5 nitrogen and oxygen atoms in total. The summed E-state index contributed by atoms with van der Waals surface area (Å²) in [5.41, 5.74) is 2.19. The topological polar surface area (TPSA) is 58.4 Å². The number of aliphatic hydroxyl groups is 1. The fourth-order valence-electron chi connectivity index (χ4n) is 6.54. The van der Waals surface area contributed by atoms with Crippen molar-refractivity contribution in [3.63, 3.8) is 0 Å². The molecular formula is C30H29F4N3O2. The Bertz CT molecular complexity index is 1480. The van der Waals surface area contributed by atoms with E-state index in [1.54, 1.807) is 29.1 Å². The maximum Gasteiger partial charge on any atom is 0.267 e. The first-order valence-electron chi connectivity index (χ1n) is 13.2. The third-order valence-electron chi connectivity index (χ3n) is 8.93. The molecule has 3 aliphatic rings. The number of fused-ring (bicyclic) bond motifs is 2. The van der Waals surface area contributed by atoms with Gasteiger partial charge in [-0.1, -0.05) is 24.6 Å². The van der Waals surface area contributed by atoms with Crippen LogP contribution in [0.5, 0.6) is 0 Å². The highest BCUT2D eigenvalue weighted by atomic mass is 19.3. The first-order chi connectivity index (χ1) is 18.5. The van der Waals surface area contributed by atoms with Gasteiger partial charge in [-0.3, -0.25) is 4.79 Å². The van der Waals surface area contributed by atoms with Crippen LogP contribution in [0, 0.1) is 17.0 Å². The maximum atomic E-state index is 14.9. The Morgan fingerprint density at radius 3 is 2.59 bits per heavy atom. The number of carbonyl (C=O) groups is 1. The van der Waals surface area contributed by atoms with Crippen molar-refractivity contribution in [1.82, 2.24) is 14.7 Å². The molecule has 2 fully saturated rings. The highest BCUT2D eigenvalue weighted by molar-refractivity contribution is 5.96. The molecule has 2 heterocycles. The molecule has 6 rings (SSSR count). The molecule has 9 heteroatoms. The number of halogens is 4. The lowest BCUT2D eigenvalue weighted by atomic mass is 9.65. The zero-order valence-corrected chi connectivity index (χ0v) is 21.6. The van der Waals surface area contributed by atoms with Crippen LogP contribution in [-0.4, -0.2) is 50.3 Å². The zero-order chi connectivity index (χ0) is 27.6. The summed E-state index contributed by atoms with van der Waals surface area (Å²) in [7, 11) is 0. The summed E-state index contributed by atoms with van der Waals surface area (Å²) in [6.45, 7) is 1.18. The number of likely N-dealkylation sites (tertiary alicyclic amines) is 1. The molecule has 39 heavy (non-hydrogen) atoms. The smallest absolute Gasteiger partial charge is 0.267 e. The van der Waals surface area contributed by atoms with E-state index in [0.29, 0.717) is 24.8 Å². The van der Waals surface area contributed by atoms with E-state index < -0.39 is 41.6 Å². The van der Waals surface area contributed by atoms with Gasteiger partial charge in [-0.2, -0.15) is 5.10 Å². The lowest BCUT2D eigenvalue weighted by Gasteiger charge is -2.42. The van der Waals surface area contributed by atoms with Crippen molar-refractivity contribution in [2.75, 3.05) is 13.1 Å². The minimum atomic E-state index is -2.97. The monoisotopic (exact) mass is 539 g/mol. The summed E-state index contributed by atoms with van der Waals surface area (Å²) in [4.78, 5) is 14.1. The molecule has 0 bridgehead atoms. The maximum absolute atomic E-state index is 14.9. The molecule has 0 spiro atoms. The average molecular weight is 540 g/mol. The molecule has 1 N–H and O–H groups in total. The Morgan fingerprint density at radius 1 is 1.10 bits per heavy atom. The Labute approximate surface area is 223 Å². The molecule has 2 aliphatic carbocycles. The van der Waals surface area contributed by atoms with E-state index in [1.807, 2.05) is 6.92 Å². The summed E-state index contributed by atoms with van der Waals surface area (Å²) < 4.78 is 57.6. The van der Waals surface area contributed by atoms with Gasteiger partial charge in [-0.05, 0) is 79.6 Å². The lowest BCUT2D eigenvalue weighted by molar-refractivity contribution is -0.0462. The molecular weight excluding hydrogens is 510 g/mol. The van der Waals surface area contributed by atoms with Gasteiger partial charge in [-0.25, -0.2) is 22.2 Å². The summed E-state index contributed by atoms with van der Waals surface area (Å²) in [5.74, 6) is -4.77. The minimum absolute atomic E-state index is 0.121. The predicted octanol–water partition coefficient (Wildman–Crippen LogP) is 5.74. The summed E-state index contributed by atoms with van der Waals surface area (Å²) in [5, 5.41) is 16.5. The predicted molar refractivity (Wildman–Crippen MR) is 138 cm³/mol. The van der Waals surface area contributed by atoms with Crippen molar-refractivity contribution in [2.45, 2.75) is 57.0 Å². The lowest BCUT2D eigenvalue weighted by Crippen LogP contribution is -2.45. The summed E-state index contributed by atoms with van der Waals surface area (Å²) >= 11 is 0. The first kappa shape index (κ1) is 25.8. The SMILES string of the molecule is C[C@]12Cc3cnn(-c4ccc(F)cc4)c3C=C1CC[C@@]2(O)CCc1cccc(F)c1C(=O)N1CCC(F)(F)C1. The number of carbonyl (C=O) groups excluding carboxylic acids is 1. The fraction of sp³-hybridized carbons (Fsp3) is 0.400. The fourth-order valence-corrected chi connectivity index (χ4v) is 6.54. The van der Waals surface area contributed by atoms with Gasteiger partial charge in [0.15, 0.2) is 0 Å². The number of hydrogen-bond acceptors (Lipinski definition) is 3. The molecule has 1 saturated heterocycles. The molecule has 1 aliphatic heterocycles. The van der Waals surface area contributed by atoms with Crippen molar-refractivity contribution < 1.29 is 27.5 Å². The highest BCUT2D eigenvalue weighted by Gasteiger charge is 2.55. The molecule has 1 amide bonds. The molecule has 0 radical (unpaired) electrons. The van der Waals surface area contributed by atoms with E-state index in [4.69, 9.17) is 0 Å². The summed E-state index contributed by atoms with van der Waals surface area (Å²) in [6, 6.07) is 10.4. The van der Waals surface area contributed by atoms with Crippen LogP contribution in [0.25, 0.3) is 11.8 Å². The second kappa shape index (κ2) is 9.05. The number of amides is 1. The van der Waals surface area contributed by atoms with Gasteiger partial charge in [-0.15, -0.1) is 0 Å². The van der Waals surface area contributed by atoms with Crippen molar-refractivity contribution in [3.05, 3.63) is 88.3 Å². The number of aryl methyl sites for hydroxylation is 1. The third kappa shape index (κ3) is 4.27. The van der Waals surface area contributed by atoms with Crippen LogP contribution in [0.1, 0.15) is 59.8 Å². The van der Waals surface area contributed by atoms with Crippen LogP contribution in [-0.2, 0) is 12.8 Å². The second-order valence-electron chi connectivity index (χ2n) is 11.3. The number of aromatic nitrogens is 2. The zero-order valence-electron chi connectivity index (χ0n) is 21.6. The van der Waals surface area contributed by atoms with Gasteiger partial charge in [0.25, 0.3) is 11.8 Å². The van der Waals surface area contributed by atoms with Crippen LogP contribution >= 0.6 is 0 Å². The Morgan fingerprint density at radius 2 is 1.87 bits per heavy atom. The van der Waals surface area contributed by atoms with Crippen LogP contribution in [0.2, 0.25) is 0 Å². The molecule has 2 aromatic carbocycles. The van der Waals surface area contributed by atoms with Gasteiger partial charge >= 0.3 is 0 Å². The standard InChI is InChI=1S/C30H29F4N3O2/c1-28-16-20-17-35-37(23-7-5-22(31)6-8-23)25(20)15-21(28)10-12-29(28,39)11-9-19-3-2-4-24(32)26(19)27(38)36-14-13-30(33,34)18-36/h2-8,15,17,39H,9-14,16,18H2,1H3/t28-,29-/m0/s1. The Balaban J connectivity index is 1.25. The van der Waals surface area contributed by atoms with E-state index >= 15 is 0 Å². The van der Waals surface area contributed by atoms with E-state index in [0.717, 1.165) is 27.4 Å².